The van der Waals surface area contributed by atoms with Crippen molar-refractivity contribution < 1.29 is 9.47 Å². The van der Waals surface area contributed by atoms with E-state index in [9.17, 15) is 4.79 Å². The lowest BCUT2D eigenvalue weighted by Gasteiger charge is -2.23. The van der Waals surface area contributed by atoms with Crippen molar-refractivity contribution in [2.24, 2.45) is 0 Å². The van der Waals surface area contributed by atoms with Crippen LogP contribution in [0.2, 0.25) is 10.0 Å². The smallest absolute Gasteiger partial charge is 0.350 e. The molecule has 1 aliphatic heterocycles. The molecule has 1 aromatic heterocycles. The van der Waals surface area contributed by atoms with Crippen molar-refractivity contribution >= 4 is 34.7 Å². The zero-order chi connectivity index (χ0) is 19.8. The Balaban J connectivity index is 1.81. The van der Waals surface area contributed by atoms with E-state index in [2.05, 4.69) is 10.3 Å². The van der Waals surface area contributed by atoms with Gasteiger partial charge in [0.1, 0.15) is 5.82 Å². The fourth-order valence-corrected chi connectivity index (χ4v) is 3.91. The number of anilines is 2. The largest absolute Gasteiger partial charge is 0.493 e. The summed E-state index contributed by atoms with van der Waals surface area (Å²) in [6, 6.07) is 10.7. The van der Waals surface area contributed by atoms with Gasteiger partial charge in [0, 0.05) is 33.9 Å². The van der Waals surface area contributed by atoms with Crippen LogP contribution in [0.15, 0.2) is 41.2 Å². The van der Waals surface area contributed by atoms with Crippen LogP contribution in [0.1, 0.15) is 5.56 Å². The van der Waals surface area contributed by atoms with E-state index < -0.39 is 0 Å². The number of rotatable bonds is 4. The summed E-state index contributed by atoms with van der Waals surface area (Å²) in [6.07, 6.45) is 0.709. The predicted octanol–water partition coefficient (Wildman–Crippen LogP) is 4.53. The molecule has 0 aliphatic carbocycles. The molecule has 0 fully saturated rings. The van der Waals surface area contributed by atoms with Gasteiger partial charge in [-0.2, -0.15) is 4.98 Å². The average Bonchev–Trinajstić information content (AvgIpc) is 2.65. The third-order valence-corrected chi connectivity index (χ3v) is 5.07. The SMILES string of the molecule is COc1cc2c(cc1OC)-c1cc(Nc3cc(Cl)cc(Cl)c3)nc(=O)n1CC2. The summed E-state index contributed by atoms with van der Waals surface area (Å²) >= 11 is 12.1. The highest BCUT2D eigenvalue weighted by Crippen LogP contribution is 2.38. The second-order valence-corrected chi connectivity index (χ2v) is 7.23. The number of ether oxygens (including phenoxy) is 2. The molecule has 0 spiro atoms. The Labute approximate surface area is 171 Å². The van der Waals surface area contributed by atoms with Gasteiger partial charge in [-0.15, -0.1) is 0 Å². The number of halogens is 2. The Morgan fingerprint density at radius 1 is 1.00 bits per heavy atom. The lowest BCUT2D eigenvalue weighted by molar-refractivity contribution is 0.354. The van der Waals surface area contributed by atoms with E-state index in [-0.39, 0.29) is 5.69 Å². The Morgan fingerprint density at radius 3 is 2.36 bits per heavy atom. The lowest BCUT2D eigenvalue weighted by atomic mass is 9.97. The molecular weight excluding hydrogens is 401 g/mol. The first-order valence-electron chi connectivity index (χ1n) is 8.59. The van der Waals surface area contributed by atoms with Crippen LogP contribution in [0, 0.1) is 0 Å². The normalized spacial score (nSPS) is 12.1. The second-order valence-electron chi connectivity index (χ2n) is 6.36. The van der Waals surface area contributed by atoms with Gasteiger partial charge >= 0.3 is 5.69 Å². The van der Waals surface area contributed by atoms with Crippen molar-refractivity contribution in [3.05, 3.63) is 62.5 Å². The van der Waals surface area contributed by atoms with Crippen molar-refractivity contribution in [2.45, 2.75) is 13.0 Å². The first-order chi connectivity index (χ1) is 13.5. The summed E-state index contributed by atoms with van der Waals surface area (Å²) in [6.45, 7) is 0.549. The van der Waals surface area contributed by atoms with Gasteiger partial charge in [-0.1, -0.05) is 23.2 Å². The number of aromatic nitrogens is 2. The molecule has 8 heteroatoms. The number of hydrogen-bond donors (Lipinski definition) is 1. The molecule has 4 rings (SSSR count). The van der Waals surface area contributed by atoms with E-state index in [1.165, 1.54) is 0 Å². The summed E-state index contributed by atoms with van der Waals surface area (Å²) in [5.74, 6) is 1.69. The Bertz CT molecular complexity index is 1110. The van der Waals surface area contributed by atoms with Crippen LogP contribution in [-0.4, -0.2) is 23.8 Å². The number of nitrogens with zero attached hydrogens (tertiary/aromatic N) is 2. The zero-order valence-electron chi connectivity index (χ0n) is 15.3. The molecule has 0 atom stereocenters. The minimum absolute atomic E-state index is 0.325. The van der Waals surface area contributed by atoms with Crippen molar-refractivity contribution in [2.75, 3.05) is 19.5 Å². The van der Waals surface area contributed by atoms with Gasteiger partial charge < -0.3 is 14.8 Å². The molecule has 0 amide bonds. The fourth-order valence-electron chi connectivity index (χ4n) is 3.38. The highest BCUT2D eigenvalue weighted by molar-refractivity contribution is 6.35. The first-order valence-corrected chi connectivity index (χ1v) is 9.34. The first kappa shape index (κ1) is 18.7. The molecule has 0 radical (unpaired) electrons. The number of fused-ring (bicyclic) bond motifs is 3. The van der Waals surface area contributed by atoms with Crippen LogP contribution in [0.3, 0.4) is 0 Å². The maximum Gasteiger partial charge on any atom is 0.350 e. The Morgan fingerprint density at radius 2 is 1.68 bits per heavy atom. The molecule has 2 aromatic carbocycles. The van der Waals surface area contributed by atoms with E-state index in [1.54, 1.807) is 37.0 Å². The molecule has 1 aliphatic rings. The summed E-state index contributed by atoms with van der Waals surface area (Å²) in [5, 5.41) is 4.09. The quantitative estimate of drug-likeness (QED) is 0.674. The van der Waals surface area contributed by atoms with E-state index >= 15 is 0 Å². The molecule has 144 valence electrons. The molecule has 1 N–H and O–H groups in total. The van der Waals surface area contributed by atoms with Crippen LogP contribution in [0.4, 0.5) is 11.5 Å². The zero-order valence-corrected chi connectivity index (χ0v) is 16.8. The highest BCUT2D eigenvalue weighted by Gasteiger charge is 2.21. The van der Waals surface area contributed by atoms with Gasteiger partial charge in [0.05, 0.1) is 19.9 Å². The van der Waals surface area contributed by atoms with Crippen molar-refractivity contribution in [1.29, 1.82) is 0 Å². The van der Waals surface area contributed by atoms with Crippen molar-refractivity contribution in [3.63, 3.8) is 0 Å². The summed E-state index contributed by atoms with van der Waals surface area (Å²) in [5.41, 5.74) is 3.08. The molecule has 3 aromatic rings. The molecule has 0 bridgehead atoms. The van der Waals surface area contributed by atoms with E-state index in [0.29, 0.717) is 46.0 Å². The third-order valence-electron chi connectivity index (χ3n) is 4.64. The van der Waals surface area contributed by atoms with Crippen LogP contribution < -0.4 is 20.5 Å². The van der Waals surface area contributed by atoms with Crippen molar-refractivity contribution in [1.82, 2.24) is 9.55 Å². The Kier molecular flexibility index (Phi) is 4.91. The number of hydrogen-bond acceptors (Lipinski definition) is 5. The summed E-state index contributed by atoms with van der Waals surface area (Å²) in [7, 11) is 3.19. The molecule has 0 unspecified atom stereocenters. The van der Waals surface area contributed by atoms with E-state index in [4.69, 9.17) is 32.7 Å². The van der Waals surface area contributed by atoms with Crippen LogP contribution >= 0.6 is 23.2 Å². The van der Waals surface area contributed by atoms with E-state index in [0.717, 1.165) is 16.8 Å². The van der Waals surface area contributed by atoms with Gasteiger partial charge in [-0.05, 0) is 42.3 Å². The minimum Gasteiger partial charge on any atom is -0.493 e. The predicted molar refractivity (Wildman–Crippen MR) is 110 cm³/mol. The van der Waals surface area contributed by atoms with Gasteiger partial charge in [0.25, 0.3) is 0 Å². The van der Waals surface area contributed by atoms with Crippen molar-refractivity contribution in [3.8, 4) is 22.8 Å². The lowest BCUT2D eigenvalue weighted by Crippen LogP contribution is -2.28. The topological polar surface area (TPSA) is 65.4 Å². The maximum absolute atomic E-state index is 12.6. The summed E-state index contributed by atoms with van der Waals surface area (Å²) in [4.78, 5) is 16.7. The maximum atomic E-state index is 12.6. The minimum atomic E-state index is -0.325. The third kappa shape index (κ3) is 3.41. The van der Waals surface area contributed by atoms with Crippen LogP contribution in [0.5, 0.6) is 11.5 Å². The highest BCUT2D eigenvalue weighted by atomic mass is 35.5. The molecular formula is C20H17Cl2N3O3. The number of nitrogens with one attached hydrogen (secondary N) is 1. The fraction of sp³-hybridized carbons (Fsp3) is 0.200. The monoisotopic (exact) mass is 417 g/mol. The number of benzene rings is 2. The molecule has 0 saturated heterocycles. The van der Waals surface area contributed by atoms with Gasteiger partial charge in [-0.3, -0.25) is 4.57 Å². The standard InChI is InChI=1S/C20H17Cl2N3O3/c1-27-17-5-11-3-4-25-16(15(11)9-18(17)28-2)10-19(24-20(25)26)23-14-7-12(21)6-13(22)8-14/h5-10H,3-4H2,1-2H3,(H,23,24,26). The molecule has 28 heavy (non-hydrogen) atoms. The van der Waals surface area contributed by atoms with Crippen LogP contribution in [0.25, 0.3) is 11.3 Å². The number of methoxy groups -OCH3 is 2. The van der Waals surface area contributed by atoms with E-state index in [1.807, 2.05) is 18.2 Å². The number of aryl methyl sites for hydroxylation is 1. The van der Waals surface area contributed by atoms with Gasteiger partial charge in [0.15, 0.2) is 11.5 Å². The summed E-state index contributed by atoms with van der Waals surface area (Å²) < 4.78 is 12.5. The molecule has 6 nitrogen and oxygen atoms in total. The van der Waals surface area contributed by atoms with Crippen LogP contribution in [-0.2, 0) is 13.0 Å². The second kappa shape index (κ2) is 7.37. The van der Waals surface area contributed by atoms with Gasteiger partial charge in [0.2, 0.25) is 0 Å². The average molecular weight is 418 g/mol. The Hall–Kier alpha value is -2.70. The molecule has 2 heterocycles. The van der Waals surface area contributed by atoms with Gasteiger partial charge in [-0.25, -0.2) is 4.79 Å². The molecule has 0 saturated carbocycles.